The number of imide groups is 1. The van der Waals surface area contributed by atoms with Crippen molar-refractivity contribution in [3.63, 3.8) is 0 Å². The third kappa shape index (κ3) is 5.65. The maximum absolute atomic E-state index is 12.2. The van der Waals surface area contributed by atoms with E-state index >= 15 is 0 Å². The van der Waals surface area contributed by atoms with E-state index in [4.69, 9.17) is 14.6 Å². The number of hydrogen-bond donors (Lipinski definition) is 1. The van der Waals surface area contributed by atoms with Gasteiger partial charge in [0.2, 0.25) is 0 Å². The second kappa shape index (κ2) is 9.90. The lowest BCUT2D eigenvalue weighted by molar-refractivity contribution is -0.137. The van der Waals surface area contributed by atoms with Crippen molar-refractivity contribution in [2.75, 3.05) is 33.0 Å². The van der Waals surface area contributed by atoms with Crippen molar-refractivity contribution in [1.82, 2.24) is 4.90 Å². The Bertz CT molecular complexity index is 580. The number of ether oxygens (including phenoxy) is 2. The Hall–Kier alpha value is -2.25. The lowest BCUT2D eigenvalue weighted by Gasteiger charge is -2.13. The van der Waals surface area contributed by atoms with Crippen molar-refractivity contribution in [2.24, 2.45) is 0 Å². The van der Waals surface area contributed by atoms with E-state index in [1.54, 1.807) is 24.3 Å². The molecule has 0 spiro atoms. The Balaban J connectivity index is 1.51. The summed E-state index contributed by atoms with van der Waals surface area (Å²) in [6, 6.07) is 6.86. The number of aliphatic carboxylic acids is 1. The average molecular weight is 349 g/mol. The zero-order valence-electron chi connectivity index (χ0n) is 14.1. The first-order chi connectivity index (χ1) is 12.1. The molecule has 1 aliphatic rings. The summed E-state index contributed by atoms with van der Waals surface area (Å²) in [4.78, 5) is 35.9. The smallest absolute Gasteiger partial charge is 0.303 e. The maximum Gasteiger partial charge on any atom is 0.303 e. The SMILES string of the molecule is O=C(O)CCCOCCOCCCCN1C(=O)c2ccccc2C1=O. The van der Waals surface area contributed by atoms with Gasteiger partial charge in [-0.05, 0) is 31.4 Å². The minimum Gasteiger partial charge on any atom is -0.481 e. The first-order valence-corrected chi connectivity index (χ1v) is 8.44. The highest BCUT2D eigenvalue weighted by Gasteiger charge is 2.34. The van der Waals surface area contributed by atoms with Crippen LogP contribution in [0.25, 0.3) is 0 Å². The summed E-state index contributed by atoms with van der Waals surface area (Å²) in [5.74, 6) is -1.27. The van der Waals surface area contributed by atoms with Crippen LogP contribution >= 0.6 is 0 Å². The summed E-state index contributed by atoms with van der Waals surface area (Å²) in [5, 5.41) is 8.47. The van der Waals surface area contributed by atoms with Gasteiger partial charge in [0.15, 0.2) is 0 Å². The summed E-state index contributed by atoms with van der Waals surface area (Å²) in [6.07, 6.45) is 2.03. The number of carbonyl (C=O) groups is 3. The predicted molar refractivity (Wildman–Crippen MR) is 89.6 cm³/mol. The van der Waals surface area contributed by atoms with Crippen LogP contribution < -0.4 is 0 Å². The molecule has 0 aromatic heterocycles. The van der Waals surface area contributed by atoms with Crippen molar-refractivity contribution in [3.05, 3.63) is 35.4 Å². The predicted octanol–water partition coefficient (Wildman–Crippen LogP) is 1.96. The molecule has 1 aromatic rings. The molecule has 0 aliphatic carbocycles. The van der Waals surface area contributed by atoms with Crippen molar-refractivity contribution in [1.29, 1.82) is 0 Å². The standard InChI is InChI=1S/C18H23NO6/c20-16(21)8-5-11-25-13-12-24-10-4-3-9-19-17(22)14-6-1-2-7-15(14)18(19)23/h1-2,6-7H,3-5,8-13H2,(H,20,21). The van der Waals surface area contributed by atoms with Gasteiger partial charge in [0.05, 0.1) is 24.3 Å². The molecule has 0 atom stereocenters. The van der Waals surface area contributed by atoms with Crippen LogP contribution in [0.15, 0.2) is 24.3 Å². The van der Waals surface area contributed by atoms with Crippen LogP contribution in [0.4, 0.5) is 0 Å². The molecule has 1 aliphatic heterocycles. The topological polar surface area (TPSA) is 93.1 Å². The van der Waals surface area contributed by atoms with E-state index in [9.17, 15) is 14.4 Å². The number of carbonyl (C=O) groups excluding carboxylic acids is 2. The van der Waals surface area contributed by atoms with Crippen LogP contribution in [-0.4, -0.2) is 60.8 Å². The van der Waals surface area contributed by atoms with Crippen molar-refractivity contribution in [3.8, 4) is 0 Å². The summed E-state index contributed by atoms with van der Waals surface area (Å²) in [5.41, 5.74) is 0.951. The Morgan fingerprint density at radius 2 is 1.44 bits per heavy atom. The summed E-state index contributed by atoms with van der Waals surface area (Å²) in [7, 11) is 0. The summed E-state index contributed by atoms with van der Waals surface area (Å²) < 4.78 is 10.7. The molecule has 0 bridgehead atoms. The Kier molecular flexibility index (Phi) is 7.56. The number of nitrogens with zero attached hydrogens (tertiary/aromatic N) is 1. The highest BCUT2D eigenvalue weighted by atomic mass is 16.5. The largest absolute Gasteiger partial charge is 0.481 e. The first-order valence-electron chi connectivity index (χ1n) is 8.44. The minimum atomic E-state index is -0.821. The zero-order chi connectivity index (χ0) is 18.1. The van der Waals surface area contributed by atoms with Gasteiger partial charge in [-0.3, -0.25) is 19.3 Å². The van der Waals surface area contributed by atoms with Crippen molar-refractivity contribution >= 4 is 17.8 Å². The molecule has 0 fully saturated rings. The van der Waals surface area contributed by atoms with Crippen LogP contribution in [0.3, 0.4) is 0 Å². The fraction of sp³-hybridized carbons (Fsp3) is 0.500. The fourth-order valence-corrected chi connectivity index (χ4v) is 2.56. The quantitative estimate of drug-likeness (QED) is 0.458. The molecule has 136 valence electrons. The minimum absolute atomic E-state index is 0.110. The van der Waals surface area contributed by atoms with Gasteiger partial charge in [-0.15, -0.1) is 0 Å². The molecule has 2 rings (SSSR count). The zero-order valence-corrected chi connectivity index (χ0v) is 14.1. The lowest BCUT2D eigenvalue weighted by atomic mass is 10.1. The lowest BCUT2D eigenvalue weighted by Crippen LogP contribution is -2.30. The van der Waals surface area contributed by atoms with Crippen molar-refractivity contribution < 1.29 is 29.0 Å². The fourth-order valence-electron chi connectivity index (χ4n) is 2.56. The molecule has 7 heteroatoms. The number of benzene rings is 1. The Morgan fingerprint density at radius 1 is 0.880 bits per heavy atom. The second-order valence-electron chi connectivity index (χ2n) is 5.74. The van der Waals surface area contributed by atoms with Gasteiger partial charge in [-0.25, -0.2) is 0 Å². The second-order valence-corrected chi connectivity index (χ2v) is 5.74. The monoisotopic (exact) mass is 349 g/mol. The summed E-state index contributed by atoms with van der Waals surface area (Å²) >= 11 is 0. The number of unbranched alkanes of at least 4 members (excludes halogenated alkanes) is 1. The molecule has 7 nitrogen and oxygen atoms in total. The number of fused-ring (bicyclic) bond motifs is 1. The van der Waals surface area contributed by atoms with Crippen molar-refractivity contribution in [2.45, 2.75) is 25.7 Å². The average Bonchev–Trinajstić information content (AvgIpc) is 2.84. The summed E-state index contributed by atoms with van der Waals surface area (Å²) in [6.45, 7) is 2.20. The third-order valence-corrected chi connectivity index (χ3v) is 3.85. The van der Waals surface area contributed by atoms with Gasteiger partial charge >= 0.3 is 5.97 Å². The molecule has 1 N–H and O–H groups in total. The van der Waals surface area contributed by atoms with E-state index < -0.39 is 5.97 Å². The van der Waals surface area contributed by atoms with Crippen LogP contribution in [-0.2, 0) is 14.3 Å². The van der Waals surface area contributed by atoms with E-state index in [0.717, 1.165) is 6.42 Å². The van der Waals surface area contributed by atoms with Crippen LogP contribution in [0, 0.1) is 0 Å². The van der Waals surface area contributed by atoms with Gasteiger partial charge in [-0.1, -0.05) is 12.1 Å². The molecular formula is C18H23NO6. The molecule has 0 saturated heterocycles. The van der Waals surface area contributed by atoms with Gasteiger partial charge in [0.1, 0.15) is 0 Å². The maximum atomic E-state index is 12.2. The van der Waals surface area contributed by atoms with E-state index in [2.05, 4.69) is 0 Å². The van der Waals surface area contributed by atoms with Gasteiger partial charge in [0.25, 0.3) is 11.8 Å². The first kappa shape index (κ1) is 19.1. The van der Waals surface area contributed by atoms with Crippen LogP contribution in [0.5, 0.6) is 0 Å². The van der Waals surface area contributed by atoms with E-state index in [1.807, 2.05) is 0 Å². The number of hydrogen-bond acceptors (Lipinski definition) is 5. The molecular weight excluding hydrogens is 326 g/mol. The van der Waals surface area contributed by atoms with Gasteiger partial charge in [0, 0.05) is 26.2 Å². The molecule has 1 aromatic carbocycles. The molecule has 0 radical (unpaired) electrons. The molecule has 25 heavy (non-hydrogen) atoms. The Labute approximate surface area is 146 Å². The van der Waals surface area contributed by atoms with Gasteiger partial charge < -0.3 is 14.6 Å². The third-order valence-electron chi connectivity index (χ3n) is 3.85. The highest BCUT2D eigenvalue weighted by Crippen LogP contribution is 2.22. The highest BCUT2D eigenvalue weighted by molar-refractivity contribution is 6.21. The van der Waals surface area contributed by atoms with Crippen LogP contribution in [0.2, 0.25) is 0 Å². The molecule has 1 heterocycles. The normalized spacial score (nSPS) is 13.4. The Morgan fingerprint density at radius 3 is 2.00 bits per heavy atom. The van der Waals surface area contributed by atoms with E-state index in [-0.39, 0.29) is 18.2 Å². The number of amides is 2. The van der Waals surface area contributed by atoms with Gasteiger partial charge in [-0.2, -0.15) is 0 Å². The van der Waals surface area contributed by atoms with E-state index in [0.29, 0.717) is 56.9 Å². The molecule has 2 amide bonds. The number of rotatable bonds is 12. The number of carboxylic acid groups (broad SMARTS) is 1. The molecule has 0 saturated carbocycles. The number of carboxylic acids is 1. The van der Waals surface area contributed by atoms with Crippen LogP contribution in [0.1, 0.15) is 46.4 Å². The molecule has 0 unspecified atom stereocenters. The van der Waals surface area contributed by atoms with E-state index in [1.165, 1.54) is 4.90 Å².